The molecule has 28 heavy (non-hydrogen) atoms. The Morgan fingerprint density at radius 3 is 1.82 bits per heavy atom. The molecule has 0 heterocycles. The van der Waals surface area contributed by atoms with Crippen molar-refractivity contribution in [2.75, 3.05) is 19.0 Å². The van der Waals surface area contributed by atoms with Gasteiger partial charge in [-0.3, -0.25) is 9.59 Å². The molecule has 0 aromatic heterocycles. The SMILES string of the molecule is CCC(C)/C=C/c1ccc(C(=O)[Si](C)(C)C(=O)c2ccc(N(C)C)cc2)cc1. The van der Waals surface area contributed by atoms with Gasteiger partial charge in [0.05, 0.1) is 0 Å². The molecule has 0 aliphatic rings. The molecule has 0 saturated carbocycles. The number of hydrogen-bond acceptors (Lipinski definition) is 3. The normalized spacial score (nSPS) is 12.8. The van der Waals surface area contributed by atoms with Crippen molar-refractivity contribution in [2.24, 2.45) is 5.92 Å². The number of anilines is 1. The van der Waals surface area contributed by atoms with E-state index in [4.69, 9.17) is 0 Å². The summed E-state index contributed by atoms with van der Waals surface area (Å²) in [4.78, 5) is 28.1. The van der Waals surface area contributed by atoms with E-state index in [1.165, 1.54) is 0 Å². The Morgan fingerprint density at radius 2 is 1.39 bits per heavy atom. The summed E-state index contributed by atoms with van der Waals surface area (Å²) in [6.07, 6.45) is 5.36. The van der Waals surface area contributed by atoms with E-state index in [1.807, 2.05) is 80.6 Å². The minimum atomic E-state index is -2.81. The smallest absolute Gasteiger partial charge is 0.214 e. The van der Waals surface area contributed by atoms with Gasteiger partial charge in [-0.15, -0.1) is 0 Å². The molecular weight excluding hydrogens is 362 g/mol. The van der Waals surface area contributed by atoms with Crippen LogP contribution in [-0.2, 0) is 0 Å². The second-order valence-corrected chi connectivity index (χ2v) is 12.2. The number of nitrogens with zero attached hydrogens (tertiary/aromatic N) is 1. The Morgan fingerprint density at radius 1 is 0.929 bits per heavy atom. The highest BCUT2D eigenvalue weighted by Crippen LogP contribution is 2.21. The molecule has 2 rings (SSSR count). The Hall–Kier alpha value is -2.46. The van der Waals surface area contributed by atoms with Gasteiger partial charge >= 0.3 is 0 Å². The molecule has 4 heteroatoms. The van der Waals surface area contributed by atoms with Crippen LogP contribution in [0.1, 0.15) is 46.5 Å². The van der Waals surface area contributed by atoms with Crippen LogP contribution in [0.25, 0.3) is 6.08 Å². The standard InChI is InChI=1S/C24H31NO2Si/c1-7-18(2)8-9-19-10-12-20(13-11-19)23(26)28(5,6)24(27)21-14-16-22(17-15-21)25(3)4/h8-18H,7H2,1-6H3/b9-8+. The summed E-state index contributed by atoms with van der Waals surface area (Å²) < 4.78 is 0. The molecule has 3 nitrogen and oxygen atoms in total. The lowest BCUT2D eigenvalue weighted by Crippen LogP contribution is -2.46. The van der Waals surface area contributed by atoms with Crippen LogP contribution in [0.2, 0.25) is 13.1 Å². The van der Waals surface area contributed by atoms with Crippen molar-refractivity contribution in [1.82, 2.24) is 0 Å². The zero-order chi connectivity index (χ0) is 20.9. The zero-order valence-corrected chi connectivity index (χ0v) is 18.8. The monoisotopic (exact) mass is 393 g/mol. The highest BCUT2D eigenvalue weighted by molar-refractivity contribution is 7.26. The first-order valence-corrected chi connectivity index (χ1v) is 12.8. The highest BCUT2D eigenvalue weighted by atomic mass is 28.3. The number of carbonyl (C=O) groups is 2. The first kappa shape index (κ1) is 21.8. The molecule has 1 unspecified atom stereocenters. The van der Waals surface area contributed by atoms with Gasteiger partial charge in [0.15, 0.2) is 0 Å². The number of rotatable bonds is 8. The van der Waals surface area contributed by atoms with Crippen LogP contribution in [0.15, 0.2) is 54.6 Å². The van der Waals surface area contributed by atoms with Crippen molar-refractivity contribution in [3.63, 3.8) is 0 Å². The molecule has 2 aromatic rings. The van der Waals surface area contributed by atoms with Crippen molar-refractivity contribution in [3.8, 4) is 0 Å². The minimum absolute atomic E-state index is 0.0216. The third-order valence-corrected chi connectivity index (χ3v) is 8.06. The maximum Gasteiger partial charge on any atom is 0.214 e. The van der Waals surface area contributed by atoms with E-state index in [0.717, 1.165) is 17.7 Å². The quantitative estimate of drug-likeness (QED) is 0.543. The summed E-state index contributed by atoms with van der Waals surface area (Å²) in [5.41, 5.74) is 3.34. The summed E-state index contributed by atoms with van der Waals surface area (Å²) in [6.45, 7) is 8.02. The third-order valence-electron chi connectivity index (χ3n) is 5.22. The fourth-order valence-electron chi connectivity index (χ4n) is 2.89. The van der Waals surface area contributed by atoms with E-state index < -0.39 is 8.07 Å². The topological polar surface area (TPSA) is 37.4 Å². The molecule has 0 aliphatic heterocycles. The molecule has 0 saturated heterocycles. The van der Waals surface area contributed by atoms with E-state index in [9.17, 15) is 9.59 Å². The van der Waals surface area contributed by atoms with Crippen molar-refractivity contribution in [1.29, 1.82) is 0 Å². The van der Waals surface area contributed by atoms with Gasteiger partial charge in [-0.25, -0.2) is 0 Å². The van der Waals surface area contributed by atoms with Gasteiger partial charge in [-0.2, -0.15) is 0 Å². The summed E-state index contributed by atoms with van der Waals surface area (Å²) in [5, 5.41) is -0.0461. The maximum atomic E-state index is 13.1. The molecule has 148 valence electrons. The number of allylic oxidation sites excluding steroid dienone is 1. The summed E-state index contributed by atoms with van der Waals surface area (Å²) in [6, 6.07) is 15.1. The lowest BCUT2D eigenvalue weighted by atomic mass is 10.1. The predicted molar refractivity (Wildman–Crippen MR) is 122 cm³/mol. The van der Waals surface area contributed by atoms with Crippen molar-refractivity contribution in [2.45, 2.75) is 33.4 Å². The fraction of sp³-hybridized carbons (Fsp3) is 0.333. The fourth-order valence-corrected chi connectivity index (χ4v) is 4.88. The van der Waals surface area contributed by atoms with Gasteiger partial charge < -0.3 is 4.90 Å². The van der Waals surface area contributed by atoms with Gasteiger partial charge in [-0.05, 0) is 35.7 Å². The van der Waals surface area contributed by atoms with Crippen molar-refractivity contribution in [3.05, 3.63) is 71.3 Å². The van der Waals surface area contributed by atoms with E-state index >= 15 is 0 Å². The van der Waals surface area contributed by atoms with Gasteiger partial charge in [0.25, 0.3) is 0 Å². The van der Waals surface area contributed by atoms with Crippen LogP contribution in [-0.4, -0.2) is 33.0 Å². The second-order valence-electron chi connectivity index (χ2n) is 8.09. The van der Waals surface area contributed by atoms with Crippen LogP contribution in [0, 0.1) is 5.92 Å². The Labute approximate surface area is 170 Å². The molecule has 0 aliphatic carbocycles. The first-order valence-electron chi connectivity index (χ1n) is 9.82. The number of carbonyl (C=O) groups excluding carboxylic acids is 2. The van der Waals surface area contributed by atoms with Crippen LogP contribution >= 0.6 is 0 Å². The van der Waals surface area contributed by atoms with Gasteiger partial charge in [-0.1, -0.05) is 69.8 Å². The van der Waals surface area contributed by atoms with E-state index in [1.54, 1.807) is 0 Å². The Kier molecular flexibility index (Phi) is 7.14. The van der Waals surface area contributed by atoms with E-state index in [2.05, 4.69) is 26.0 Å². The summed E-state index contributed by atoms with van der Waals surface area (Å²) >= 11 is 0. The lowest BCUT2D eigenvalue weighted by Gasteiger charge is -2.20. The van der Waals surface area contributed by atoms with Gasteiger partial charge in [0, 0.05) is 30.9 Å². The molecule has 0 radical (unpaired) electrons. The number of hydrogen-bond donors (Lipinski definition) is 0. The van der Waals surface area contributed by atoms with Gasteiger partial charge in [0.2, 0.25) is 8.07 Å². The average molecular weight is 394 g/mol. The molecule has 1 atom stereocenters. The minimum Gasteiger partial charge on any atom is -0.378 e. The van der Waals surface area contributed by atoms with E-state index in [0.29, 0.717) is 17.0 Å². The Balaban J connectivity index is 2.19. The van der Waals surface area contributed by atoms with E-state index in [-0.39, 0.29) is 10.8 Å². The lowest BCUT2D eigenvalue weighted by molar-refractivity contribution is 0.102. The van der Waals surface area contributed by atoms with Crippen LogP contribution in [0.5, 0.6) is 0 Å². The number of benzene rings is 2. The second kappa shape index (κ2) is 9.15. The summed E-state index contributed by atoms with van der Waals surface area (Å²) in [5.74, 6) is 0.532. The molecule has 2 aromatic carbocycles. The average Bonchev–Trinajstić information content (AvgIpc) is 2.71. The molecular formula is C24H31NO2Si. The van der Waals surface area contributed by atoms with Crippen LogP contribution in [0.3, 0.4) is 0 Å². The van der Waals surface area contributed by atoms with Gasteiger partial charge in [0.1, 0.15) is 10.8 Å². The predicted octanol–water partition coefficient (Wildman–Crippen LogP) is 5.66. The van der Waals surface area contributed by atoms with Crippen LogP contribution < -0.4 is 4.90 Å². The molecule has 0 spiro atoms. The molecule has 0 bridgehead atoms. The summed E-state index contributed by atoms with van der Waals surface area (Å²) in [7, 11) is 1.11. The van der Waals surface area contributed by atoms with Crippen LogP contribution in [0.4, 0.5) is 5.69 Å². The largest absolute Gasteiger partial charge is 0.378 e. The van der Waals surface area contributed by atoms with Crippen molar-refractivity contribution >= 4 is 30.7 Å². The van der Waals surface area contributed by atoms with Crippen molar-refractivity contribution < 1.29 is 9.59 Å². The third kappa shape index (κ3) is 5.07. The first-order chi connectivity index (χ1) is 13.2. The highest BCUT2D eigenvalue weighted by Gasteiger charge is 2.40. The maximum absolute atomic E-state index is 13.1. The molecule has 0 amide bonds. The zero-order valence-electron chi connectivity index (χ0n) is 17.8. The molecule has 0 fully saturated rings. The Bertz CT molecular complexity index is 849. The molecule has 0 N–H and O–H groups in total.